The first-order valence-corrected chi connectivity index (χ1v) is 10.3. The summed E-state index contributed by atoms with van der Waals surface area (Å²) in [4.78, 5) is 27.8. The smallest absolute Gasteiger partial charge is 0.238 e. The van der Waals surface area contributed by atoms with Gasteiger partial charge in [0.1, 0.15) is 0 Å². The van der Waals surface area contributed by atoms with Crippen LogP contribution in [0, 0.1) is 6.92 Å². The van der Waals surface area contributed by atoms with E-state index in [4.69, 9.17) is 4.52 Å². The minimum Gasteiger partial charge on any atom is -0.342 e. The van der Waals surface area contributed by atoms with Crippen LogP contribution in [0.3, 0.4) is 0 Å². The number of rotatable bonds is 4. The summed E-state index contributed by atoms with van der Waals surface area (Å²) in [6, 6.07) is 11.9. The maximum Gasteiger partial charge on any atom is 0.238 e. The van der Waals surface area contributed by atoms with E-state index in [-0.39, 0.29) is 17.9 Å². The molecule has 0 saturated carbocycles. The number of H-pyrrole nitrogens is 1. The predicted molar refractivity (Wildman–Crippen MR) is 110 cm³/mol. The van der Waals surface area contributed by atoms with Crippen molar-refractivity contribution in [1.29, 1.82) is 0 Å². The highest BCUT2D eigenvalue weighted by Gasteiger charge is 2.42. The molecule has 1 fully saturated rings. The largest absolute Gasteiger partial charge is 0.342 e. The van der Waals surface area contributed by atoms with Gasteiger partial charge in [0.05, 0.1) is 12.0 Å². The van der Waals surface area contributed by atoms with E-state index in [1.54, 1.807) is 23.7 Å². The van der Waals surface area contributed by atoms with E-state index in [1.807, 2.05) is 47.5 Å². The number of thiophene rings is 1. The number of carbonyl (C=O) groups is 1. The van der Waals surface area contributed by atoms with E-state index >= 15 is 0 Å². The van der Waals surface area contributed by atoms with Crippen molar-refractivity contribution in [2.45, 2.75) is 31.7 Å². The van der Waals surface area contributed by atoms with Crippen LogP contribution in [-0.2, 0) is 4.79 Å². The van der Waals surface area contributed by atoms with Crippen molar-refractivity contribution in [3.63, 3.8) is 0 Å². The summed E-state index contributed by atoms with van der Waals surface area (Å²) >= 11 is 1.63. The number of carbonyl (C=O) groups excluding carboxylic acids is 1. The molecule has 1 amide bonds. The number of imidazole rings is 1. The van der Waals surface area contributed by atoms with Crippen LogP contribution in [-0.4, -0.2) is 26.0 Å². The number of aryl methyl sites for hydroxylation is 1. The summed E-state index contributed by atoms with van der Waals surface area (Å²) in [6.07, 6.45) is 4.46. The number of anilines is 1. The van der Waals surface area contributed by atoms with E-state index in [0.717, 1.165) is 16.1 Å². The first-order chi connectivity index (χ1) is 14.2. The normalized spacial score (nSPS) is 19.6. The molecule has 0 aliphatic carbocycles. The fourth-order valence-corrected chi connectivity index (χ4v) is 4.70. The third-order valence-electron chi connectivity index (χ3n) is 5.21. The molecule has 1 aliphatic rings. The maximum atomic E-state index is 13.0. The minimum atomic E-state index is -0.191. The zero-order chi connectivity index (χ0) is 19.8. The molecule has 1 aliphatic heterocycles. The Morgan fingerprint density at radius 1 is 1.24 bits per heavy atom. The van der Waals surface area contributed by atoms with E-state index < -0.39 is 0 Å². The van der Waals surface area contributed by atoms with Gasteiger partial charge in [-0.25, -0.2) is 4.98 Å². The summed E-state index contributed by atoms with van der Waals surface area (Å²) in [6.45, 7) is 2.04. The van der Waals surface area contributed by atoms with Gasteiger partial charge < -0.3 is 14.4 Å². The fraction of sp³-hybridized carbons (Fsp3) is 0.238. The van der Waals surface area contributed by atoms with E-state index in [9.17, 15) is 4.79 Å². The lowest BCUT2D eigenvalue weighted by Gasteiger charge is -2.39. The number of piperidine rings is 1. The third kappa shape index (κ3) is 3.25. The Morgan fingerprint density at radius 2 is 2.10 bits per heavy atom. The Morgan fingerprint density at radius 3 is 2.83 bits per heavy atom. The molecule has 4 aromatic rings. The SMILES string of the molecule is Cc1ccc(N2C(=O)CC[C@H](c3nc(-c4ncc[nH]4)no3)[C@H]2c2cccs2)cc1. The van der Waals surface area contributed by atoms with Crippen LogP contribution in [0.2, 0.25) is 0 Å². The number of hydrogen-bond donors (Lipinski definition) is 1. The van der Waals surface area contributed by atoms with Crippen molar-refractivity contribution in [2.75, 3.05) is 4.90 Å². The molecule has 0 bridgehead atoms. The molecule has 146 valence electrons. The van der Waals surface area contributed by atoms with E-state index in [1.165, 1.54) is 0 Å². The Kier molecular flexibility index (Phi) is 4.48. The summed E-state index contributed by atoms with van der Waals surface area (Å²) in [5.74, 6) is 1.53. The second kappa shape index (κ2) is 7.29. The van der Waals surface area contributed by atoms with Crippen molar-refractivity contribution in [3.05, 3.63) is 70.5 Å². The van der Waals surface area contributed by atoms with Gasteiger partial charge in [-0.05, 0) is 36.9 Å². The van der Waals surface area contributed by atoms with Gasteiger partial charge in [-0.1, -0.05) is 28.9 Å². The Hall–Kier alpha value is -3.26. The van der Waals surface area contributed by atoms with Crippen molar-refractivity contribution >= 4 is 22.9 Å². The number of aromatic nitrogens is 4. The molecule has 4 heterocycles. The number of hydrogen-bond acceptors (Lipinski definition) is 6. The number of amides is 1. The second-order valence-electron chi connectivity index (χ2n) is 7.10. The molecule has 2 atom stereocenters. The van der Waals surface area contributed by atoms with Crippen LogP contribution in [0.5, 0.6) is 0 Å². The molecule has 1 saturated heterocycles. The molecule has 5 rings (SSSR count). The Bertz CT molecular complexity index is 1100. The molecule has 3 aromatic heterocycles. The highest BCUT2D eigenvalue weighted by Crippen LogP contribution is 2.46. The van der Waals surface area contributed by atoms with Crippen LogP contribution in [0.1, 0.15) is 41.1 Å². The van der Waals surface area contributed by atoms with Gasteiger partial charge in [0, 0.05) is 29.4 Å². The molecule has 0 radical (unpaired) electrons. The van der Waals surface area contributed by atoms with Gasteiger partial charge in [-0.2, -0.15) is 4.98 Å². The average Bonchev–Trinajstić information content (AvgIpc) is 3.50. The summed E-state index contributed by atoms with van der Waals surface area (Å²) in [5.41, 5.74) is 2.04. The van der Waals surface area contributed by atoms with Crippen molar-refractivity contribution in [1.82, 2.24) is 20.1 Å². The van der Waals surface area contributed by atoms with Crippen LogP contribution in [0.15, 0.2) is 58.7 Å². The monoisotopic (exact) mass is 405 g/mol. The highest BCUT2D eigenvalue weighted by atomic mass is 32.1. The maximum absolute atomic E-state index is 13.0. The van der Waals surface area contributed by atoms with Crippen LogP contribution in [0.4, 0.5) is 5.69 Å². The average molecular weight is 405 g/mol. The third-order valence-corrected chi connectivity index (χ3v) is 6.16. The zero-order valence-electron chi connectivity index (χ0n) is 15.8. The number of benzene rings is 1. The highest BCUT2D eigenvalue weighted by molar-refractivity contribution is 7.10. The van der Waals surface area contributed by atoms with Crippen molar-refractivity contribution < 1.29 is 9.32 Å². The predicted octanol–water partition coefficient (Wildman–Crippen LogP) is 4.48. The van der Waals surface area contributed by atoms with Gasteiger partial charge >= 0.3 is 0 Å². The van der Waals surface area contributed by atoms with Crippen LogP contribution in [0.25, 0.3) is 11.6 Å². The van der Waals surface area contributed by atoms with Crippen LogP contribution < -0.4 is 4.90 Å². The van der Waals surface area contributed by atoms with E-state index in [0.29, 0.717) is 30.4 Å². The first kappa shape index (κ1) is 17.8. The molecule has 1 aromatic carbocycles. The molecular formula is C21H19N5O2S. The second-order valence-corrected chi connectivity index (χ2v) is 8.08. The molecule has 0 unspecified atom stereocenters. The topological polar surface area (TPSA) is 87.9 Å². The lowest BCUT2D eigenvalue weighted by Crippen LogP contribution is -2.42. The van der Waals surface area contributed by atoms with Gasteiger partial charge in [0.25, 0.3) is 0 Å². The van der Waals surface area contributed by atoms with Gasteiger partial charge in [-0.3, -0.25) is 4.79 Å². The summed E-state index contributed by atoms with van der Waals surface area (Å²) < 4.78 is 5.64. The molecule has 29 heavy (non-hydrogen) atoms. The molecule has 1 N–H and O–H groups in total. The summed E-state index contributed by atoms with van der Waals surface area (Å²) in [7, 11) is 0. The van der Waals surface area contributed by atoms with Gasteiger partial charge in [-0.15, -0.1) is 11.3 Å². The quantitative estimate of drug-likeness (QED) is 0.541. The number of nitrogens with zero attached hydrogens (tertiary/aromatic N) is 4. The van der Waals surface area contributed by atoms with Crippen molar-refractivity contribution in [2.24, 2.45) is 0 Å². The van der Waals surface area contributed by atoms with Crippen LogP contribution >= 0.6 is 11.3 Å². The van der Waals surface area contributed by atoms with Crippen molar-refractivity contribution in [3.8, 4) is 11.6 Å². The first-order valence-electron chi connectivity index (χ1n) is 9.46. The number of aromatic amines is 1. The zero-order valence-corrected chi connectivity index (χ0v) is 16.6. The lowest BCUT2D eigenvalue weighted by molar-refractivity contribution is -0.120. The number of nitrogens with one attached hydrogen (secondary N) is 1. The Balaban J connectivity index is 1.57. The molecular weight excluding hydrogens is 386 g/mol. The molecule has 8 heteroatoms. The summed E-state index contributed by atoms with van der Waals surface area (Å²) in [5, 5.41) is 6.13. The Labute approximate surface area is 171 Å². The molecule has 0 spiro atoms. The molecule has 7 nitrogen and oxygen atoms in total. The standard InChI is InChI=1S/C21H19N5O2S/c1-13-4-6-14(7-5-13)26-17(27)9-8-15(18(26)16-3-2-12-29-16)21-24-20(25-28-21)19-22-10-11-23-19/h2-7,10-12,15,18H,8-9H2,1H3,(H,22,23)/t15-,18-/m0/s1. The fourth-order valence-electron chi connectivity index (χ4n) is 3.82. The minimum absolute atomic E-state index is 0.0936. The van der Waals surface area contributed by atoms with Gasteiger partial charge in [0.15, 0.2) is 5.82 Å². The van der Waals surface area contributed by atoms with Gasteiger partial charge in [0.2, 0.25) is 17.6 Å². The van der Waals surface area contributed by atoms with E-state index in [2.05, 4.69) is 26.2 Å². The lowest BCUT2D eigenvalue weighted by atomic mass is 9.87.